The largest absolute Gasteiger partial charge is 0.478 e. The van der Waals surface area contributed by atoms with Gasteiger partial charge in [0.25, 0.3) is 0 Å². The third kappa shape index (κ3) is 3.37. The molecule has 3 aromatic rings. The van der Waals surface area contributed by atoms with Crippen LogP contribution in [0.25, 0.3) is 5.69 Å². The van der Waals surface area contributed by atoms with Gasteiger partial charge in [-0.2, -0.15) is 5.10 Å². The zero-order chi connectivity index (χ0) is 16.2. The summed E-state index contributed by atoms with van der Waals surface area (Å²) in [5.74, 6) is -0.126. The highest BCUT2D eigenvalue weighted by Gasteiger charge is 2.10. The number of H-pyrrole nitrogens is 1. The van der Waals surface area contributed by atoms with Crippen molar-refractivity contribution in [2.45, 2.75) is 12.8 Å². The van der Waals surface area contributed by atoms with Crippen molar-refractivity contribution >= 4 is 18.2 Å². The van der Waals surface area contributed by atoms with E-state index in [1.165, 1.54) is 5.56 Å². The number of carbonyl (C=O) groups is 1. The summed E-state index contributed by atoms with van der Waals surface area (Å²) >= 11 is 5.30. The number of hydrogen-bond donors (Lipinski definition) is 2. The standard InChI is InChI=1S/C17H15N3O2S/c21-16(22)13-7-9-14(10-8-13)20-15(18-19-17(20)23)11-6-12-4-2-1-3-5-12/h1-5,7-10H,6,11H2,(H,19,23)(H,21,22). The van der Waals surface area contributed by atoms with E-state index in [4.69, 9.17) is 17.3 Å². The van der Waals surface area contributed by atoms with Crippen LogP contribution in [0.3, 0.4) is 0 Å². The summed E-state index contributed by atoms with van der Waals surface area (Å²) in [6.07, 6.45) is 1.59. The van der Waals surface area contributed by atoms with Crippen LogP contribution in [-0.4, -0.2) is 25.8 Å². The number of carboxylic acids is 1. The Morgan fingerprint density at radius 1 is 1.09 bits per heavy atom. The lowest BCUT2D eigenvalue weighted by Crippen LogP contribution is -2.04. The average Bonchev–Trinajstić information content (AvgIpc) is 2.95. The zero-order valence-electron chi connectivity index (χ0n) is 12.3. The van der Waals surface area contributed by atoms with Gasteiger partial charge in [-0.15, -0.1) is 0 Å². The van der Waals surface area contributed by atoms with Crippen LogP contribution in [0, 0.1) is 4.77 Å². The lowest BCUT2D eigenvalue weighted by atomic mass is 10.1. The number of nitrogens with one attached hydrogen (secondary N) is 1. The molecule has 2 aromatic carbocycles. The Balaban J connectivity index is 1.86. The smallest absolute Gasteiger partial charge is 0.335 e. The van der Waals surface area contributed by atoms with E-state index in [-0.39, 0.29) is 5.56 Å². The van der Waals surface area contributed by atoms with Crippen LogP contribution in [0.2, 0.25) is 0 Å². The number of hydrogen-bond acceptors (Lipinski definition) is 3. The van der Waals surface area contributed by atoms with Crippen LogP contribution >= 0.6 is 12.2 Å². The molecule has 0 fully saturated rings. The molecular formula is C17H15N3O2S. The van der Waals surface area contributed by atoms with Gasteiger partial charge >= 0.3 is 5.97 Å². The SMILES string of the molecule is O=C(O)c1ccc(-n2c(CCc3ccccc3)n[nH]c2=S)cc1. The fraction of sp³-hybridized carbons (Fsp3) is 0.118. The Labute approximate surface area is 138 Å². The quantitative estimate of drug-likeness (QED) is 0.705. The molecular weight excluding hydrogens is 310 g/mol. The van der Waals surface area contributed by atoms with Gasteiger partial charge in [-0.1, -0.05) is 30.3 Å². The number of aromatic carboxylic acids is 1. The third-order valence-electron chi connectivity index (χ3n) is 3.59. The van der Waals surface area contributed by atoms with Gasteiger partial charge in [-0.3, -0.25) is 9.67 Å². The minimum atomic E-state index is -0.948. The molecule has 0 atom stereocenters. The molecule has 6 heteroatoms. The van der Waals surface area contributed by atoms with Crippen molar-refractivity contribution in [3.05, 3.63) is 76.3 Å². The fourth-order valence-electron chi connectivity index (χ4n) is 2.42. The fourth-order valence-corrected chi connectivity index (χ4v) is 2.67. The van der Waals surface area contributed by atoms with E-state index in [1.807, 2.05) is 22.8 Å². The number of aromatic amines is 1. The molecule has 0 saturated heterocycles. The number of rotatable bonds is 5. The first-order valence-electron chi connectivity index (χ1n) is 7.19. The van der Waals surface area contributed by atoms with Crippen molar-refractivity contribution in [2.24, 2.45) is 0 Å². The molecule has 0 amide bonds. The molecule has 0 bridgehead atoms. The van der Waals surface area contributed by atoms with Crippen LogP contribution in [0.15, 0.2) is 54.6 Å². The van der Waals surface area contributed by atoms with E-state index in [0.717, 1.165) is 24.4 Å². The molecule has 0 aliphatic heterocycles. The summed E-state index contributed by atoms with van der Waals surface area (Å²) in [4.78, 5) is 10.9. The first kappa shape index (κ1) is 15.2. The lowest BCUT2D eigenvalue weighted by molar-refractivity contribution is 0.0697. The Bertz CT molecular complexity index is 867. The van der Waals surface area contributed by atoms with Gasteiger partial charge in [-0.25, -0.2) is 4.79 Å². The molecule has 5 nitrogen and oxygen atoms in total. The average molecular weight is 325 g/mol. The highest BCUT2D eigenvalue weighted by Crippen LogP contribution is 2.14. The van der Waals surface area contributed by atoms with Gasteiger partial charge in [0, 0.05) is 12.1 Å². The van der Waals surface area contributed by atoms with Crippen molar-refractivity contribution in [1.82, 2.24) is 14.8 Å². The summed E-state index contributed by atoms with van der Waals surface area (Å²) in [5, 5.41) is 16.1. The predicted molar refractivity (Wildman–Crippen MR) is 89.6 cm³/mol. The molecule has 0 aliphatic rings. The normalized spacial score (nSPS) is 10.6. The predicted octanol–water partition coefficient (Wildman–Crippen LogP) is 3.41. The van der Waals surface area contributed by atoms with E-state index in [9.17, 15) is 4.79 Å². The molecule has 0 saturated carbocycles. The minimum Gasteiger partial charge on any atom is -0.478 e. The number of carboxylic acid groups (broad SMARTS) is 1. The van der Waals surface area contributed by atoms with Gasteiger partial charge in [0.2, 0.25) is 0 Å². The van der Waals surface area contributed by atoms with Crippen LogP contribution in [0.1, 0.15) is 21.7 Å². The first-order chi connectivity index (χ1) is 11.1. The summed E-state index contributed by atoms with van der Waals surface area (Å²) in [6.45, 7) is 0. The van der Waals surface area contributed by atoms with Crippen molar-refractivity contribution < 1.29 is 9.90 Å². The van der Waals surface area contributed by atoms with Crippen LogP contribution in [0.4, 0.5) is 0 Å². The van der Waals surface area contributed by atoms with E-state index in [1.54, 1.807) is 24.3 Å². The molecule has 1 aromatic heterocycles. The molecule has 116 valence electrons. The Morgan fingerprint density at radius 2 is 1.78 bits per heavy atom. The van der Waals surface area contributed by atoms with Crippen LogP contribution < -0.4 is 0 Å². The molecule has 0 unspecified atom stereocenters. The highest BCUT2D eigenvalue weighted by atomic mass is 32.1. The number of benzene rings is 2. The maximum absolute atomic E-state index is 10.9. The van der Waals surface area contributed by atoms with Crippen molar-refractivity contribution in [3.8, 4) is 5.69 Å². The second-order valence-corrected chi connectivity index (χ2v) is 5.50. The van der Waals surface area contributed by atoms with E-state index in [0.29, 0.717) is 4.77 Å². The summed E-state index contributed by atoms with van der Waals surface area (Å²) < 4.78 is 2.33. The maximum atomic E-state index is 10.9. The molecule has 23 heavy (non-hydrogen) atoms. The first-order valence-corrected chi connectivity index (χ1v) is 7.60. The van der Waals surface area contributed by atoms with Gasteiger partial charge in [-0.05, 0) is 48.5 Å². The van der Waals surface area contributed by atoms with Crippen molar-refractivity contribution in [2.75, 3.05) is 0 Å². The van der Waals surface area contributed by atoms with Crippen LogP contribution in [-0.2, 0) is 12.8 Å². The number of nitrogens with zero attached hydrogens (tertiary/aromatic N) is 2. The Hall–Kier alpha value is -2.73. The summed E-state index contributed by atoms with van der Waals surface area (Å²) in [6, 6.07) is 16.8. The second-order valence-electron chi connectivity index (χ2n) is 5.12. The number of aromatic nitrogens is 3. The minimum absolute atomic E-state index is 0.245. The Kier molecular flexibility index (Phi) is 4.34. The van der Waals surface area contributed by atoms with Gasteiger partial charge in [0.1, 0.15) is 5.82 Å². The van der Waals surface area contributed by atoms with Crippen molar-refractivity contribution in [1.29, 1.82) is 0 Å². The maximum Gasteiger partial charge on any atom is 0.335 e. The second kappa shape index (κ2) is 6.58. The van der Waals surface area contributed by atoms with E-state index in [2.05, 4.69) is 22.3 Å². The highest BCUT2D eigenvalue weighted by molar-refractivity contribution is 7.71. The summed E-state index contributed by atoms with van der Waals surface area (Å²) in [7, 11) is 0. The third-order valence-corrected chi connectivity index (χ3v) is 3.87. The molecule has 0 radical (unpaired) electrons. The van der Waals surface area contributed by atoms with E-state index < -0.39 is 5.97 Å². The molecule has 3 rings (SSSR count). The van der Waals surface area contributed by atoms with Gasteiger partial charge < -0.3 is 5.11 Å². The molecule has 0 spiro atoms. The molecule has 1 heterocycles. The van der Waals surface area contributed by atoms with Gasteiger partial charge in [0.15, 0.2) is 4.77 Å². The Morgan fingerprint density at radius 3 is 2.43 bits per heavy atom. The van der Waals surface area contributed by atoms with Crippen LogP contribution in [0.5, 0.6) is 0 Å². The molecule has 2 N–H and O–H groups in total. The molecule has 0 aliphatic carbocycles. The topological polar surface area (TPSA) is 70.9 Å². The summed E-state index contributed by atoms with van der Waals surface area (Å²) in [5.41, 5.74) is 2.28. The number of aryl methyl sites for hydroxylation is 2. The van der Waals surface area contributed by atoms with Crippen molar-refractivity contribution in [3.63, 3.8) is 0 Å². The lowest BCUT2D eigenvalue weighted by Gasteiger charge is -2.07. The zero-order valence-corrected chi connectivity index (χ0v) is 13.1. The monoisotopic (exact) mass is 325 g/mol. The van der Waals surface area contributed by atoms with E-state index >= 15 is 0 Å². The van der Waals surface area contributed by atoms with Gasteiger partial charge in [0.05, 0.1) is 5.56 Å².